The van der Waals surface area contributed by atoms with Crippen molar-refractivity contribution in [1.29, 1.82) is 0 Å². The van der Waals surface area contributed by atoms with E-state index in [-0.39, 0.29) is 0 Å². The number of nitrogens with one attached hydrogen (secondary N) is 1. The quantitative estimate of drug-likeness (QED) is 0.906. The van der Waals surface area contributed by atoms with Crippen LogP contribution in [0.15, 0.2) is 36.7 Å². The molecule has 0 fully saturated rings. The second-order valence-corrected chi connectivity index (χ2v) is 5.30. The predicted octanol–water partition coefficient (Wildman–Crippen LogP) is 3.05. The SMILES string of the molecule is Cc1ccc(N(C)c2cnc(CNC(C)C)cn2)cc1. The number of rotatable bonds is 5. The fourth-order valence-corrected chi connectivity index (χ4v) is 1.82. The van der Waals surface area contributed by atoms with E-state index < -0.39 is 0 Å². The van der Waals surface area contributed by atoms with Gasteiger partial charge in [0.1, 0.15) is 0 Å². The van der Waals surface area contributed by atoms with E-state index in [1.54, 1.807) is 0 Å². The standard InChI is InChI=1S/C16H22N4/c1-12(2)17-9-14-10-19-16(11-18-14)20(4)15-7-5-13(3)6-8-15/h5-8,10-12,17H,9H2,1-4H3. The minimum Gasteiger partial charge on any atom is -0.328 e. The zero-order valence-corrected chi connectivity index (χ0v) is 12.6. The van der Waals surface area contributed by atoms with Gasteiger partial charge in [0, 0.05) is 25.3 Å². The molecule has 0 radical (unpaired) electrons. The molecule has 0 unspecified atom stereocenters. The van der Waals surface area contributed by atoms with Crippen molar-refractivity contribution in [3.63, 3.8) is 0 Å². The maximum atomic E-state index is 4.48. The van der Waals surface area contributed by atoms with Crippen molar-refractivity contribution < 1.29 is 0 Å². The number of hydrogen-bond acceptors (Lipinski definition) is 4. The first-order valence-corrected chi connectivity index (χ1v) is 6.91. The molecule has 4 nitrogen and oxygen atoms in total. The minimum atomic E-state index is 0.451. The highest BCUT2D eigenvalue weighted by Gasteiger charge is 2.06. The van der Waals surface area contributed by atoms with Gasteiger partial charge >= 0.3 is 0 Å². The normalized spacial score (nSPS) is 10.8. The summed E-state index contributed by atoms with van der Waals surface area (Å²) < 4.78 is 0. The average Bonchev–Trinajstić information content (AvgIpc) is 2.46. The number of aryl methyl sites for hydroxylation is 1. The summed E-state index contributed by atoms with van der Waals surface area (Å²) in [6.07, 6.45) is 3.65. The van der Waals surface area contributed by atoms with Crippen LogP contribution in [0.4, 0.5) is 11.5 Å². The van der Waals surface area contributed by atoms with Crippen LogP contribution in [0.5, 0.6) is 0 Å². The van der Waals surface area contributed by atoms with Gasteiger partial charge in [0.25, 0.3) is 0 Å². The summed E-state index contributed by atoms with van der Waals surface area (Å²) in [5.74, 6) is 0.849. The summed E-state index contributed by atoms with van der Waals surface area (Å²) in [7, 11) is 2.00. The van der Waals surface area contributed by atoms with Gasteiger partial charge in [-0.3, -0.25) is 4.98 Å². The Kier molecular flexibility index (Phi) is 4.69. The fourth-order valence-electron chi connectivity index (χ4n) is 1.82. The van der Waals surface area contributed by atoms with Gasteiger partial charge in [-0.1, -0.05) is 31.5 Å². The Balaban J connectivity index is 2.07. The van der Waals surface area contributed by atoms with Crippen LogP contribution in [0.1, 0.15) is 25.1 Å². The summed E-state index contributed by atoms with van der Waals surface area (Å²) in [5.41, 5.74) is 3.32. The Morgan fingerprint density at radius 3 is 2.35 bits per heavy atom. The van der Waals surface area contributed by atoms with Crippen molar-refractivity contribution in [2.45, 2.75) is 33.4 Å². The van der Waals surface area contributed by atoms with Crippen LogP contribution in [0, 0.1) is 6.92 Å². The Morgan fingerprint density at radius 1 is 1.10 bits per heavy atom. The zero-order chi connectivity index (χ0) is 14.5. The Bertz CT molecular complexity index is 531. The van der Waals surface area contributed by atoms with Crippen LogP contribution < -0.4 is 10.2 Å². The van der Waals surface area contributed by atoms with Crippen LogP contribution in [0.25, 0.3) is 0 Å². The molecule has 2 rings (SSSR count). The van der Waals surface area contributed by atoms with Gasteiger partial charge in [-0.25, -0.2) is 4.98 Å². The smallest absolute Gasteiger partial charge is 0.151 e. The largest absolute Gasteiger partial charge is 0.328 e. The maximum absolute atomic E-state index is 4.48. The Morgan fingerprint density at radius 2 is 1.80 bits per heavy atom. The molecule has 106 valence electrons. The maximum Gasteiger partial charge on any atom is 0.151 e. The van der Waals surface area contributed by atoms with E-state index in [2.05, 4.69) is 60.3 Å². The number of nitrogens with zero attached hydrogens (tertiary/aromatic N) is 3. The second-order valence-electron chi connectivity index (χ2n) is 5.30. The predicted molar refractivity (Wildman–Crippen MR) is 83.2 cm³/mol. The van der Waals surface area contributed by atoms with Crippen LogP contribution >= 0.6 is 0 Å². The van der Waals surface area contributed by atoms with E-state index in [0.717, 1.165) is 23.7 Å². The highest BCUT2D eigenvalue weighted by molar-refractivity contribution is 5.58. The van der Waals surface area contributed by atoms with E-state index in [1.807, 2.05) is 24.3 Å². The summed E-state index contributed by atoms with van der Waals surface area (Å²) in [6.45, 7) is 7.07. The summed E-state index contributed by atoms with van der Waals surface area (Å²) in [5, 5.41) is 3.33. The van der Waals surface area contributed by atoms with Crippen molar-refractivity contribution in [1.82, 2.24) is 15.3 Å². The first-order chi connectivity index (χ1) is 9.56. The Hall–Kier alpha value is -1.94. The topological polar surface area (TPSA) is 41.1 Å². The molecule has 0 aliphatic carbocycles. The Labute approximate surface area is 120 Å². The molecule has 1 N–H and O–H groups in total. The lowest BCUT2D eigenvalue weighted by molar-refractivity contribution is 0.580. The molecule has 0 aliphatic rings. The van der Waals surface area contributed by atoms with Crippen molar-refractivity contribution >= 4 is 11.5 Å². The van der Waals surface area contributed by atoms with Crippen molar-refractivity contribution in [2.24, 2.45) is 0 Å². The molecule has 2 aromatic rings. The van der Waals surface area contributed by atoms with Gasteiger partial charge in [0.15, 0.2) is 5.82 Å². The van der Waals surface area contributed by atoms with Crippen LogP contribution in [0.3, 0.4) is 0 Å². The molecule has 0 saturated heterocycles. The van der Waals surface area contributed by atoms with Crippen LogP contribution in [-0.4, -0.2) is 23.1 Å². The van der Waals surface area contributed by atoms with E-state index in [1.165, 1.54) is 5.56 Å². The van der Waals surface area contributed by atoms with Crippen LogP contribution in [0.2, 0.25) is 0 Å². The van der Waals surface area contributed by atoms with Gasteiger partial charge in [0.05, 0.1) is 18.1 Å². The number of benzene rings is 1. The molecular weight excluding hydrogens is 248 g/mol. The van der Waals surface area contributed by atoms with Gasteiger partial charge in [0.2, 0.25) is 0 Å². The van der Waals surface area contributed by atoms with Crippen molar-refractivity contribution in [2.75, 3.05) is 11.9 Å². The summed E-state index contributed by atoms with van der Waals surface area (Å²) >= 11 is 0. The molecule has 0 atom stereocenters. The van der Waals surface area contributed by atoms with E-state index >= 15 is 0 Å². The van der Waals surface area contributed by atoms with Crippen molar-refractivity contribution in [3.05, 3.63) is 47.9 Å². The minimum absolute atomic E-state index is 0.451. The third kappa shape index (κ3) is 3.78. The highest BCUT2D eigenvalue weighted by atomic mass is 15.2. The number of aromatic nitrogens is 2. The lowest BCUT2D eigenvalue weighted by Crippen LogP contribution is -2.22. The molecule has 0 aliphatic heterocycles. The summed E-state index contributed by atoms with van der Waals surface area (Å²) in [4.78, 5) is 11.0. The molecule has 20 heavy (non-hydrogen) atoms. The fraction of sp³-hybridized carbons (Fsp3) is 0.375. The lowest BCUT2D eigenvalue weighted by atomic mass is 10.2. The van der Waals surface area contributed by atoms with Gasteiger partial charge in [-0.2, -0.15) is 0 Å². The lowest BCUT2D eigenvalue weighted by Gasteiger charge is -2.18. The van der Waals surface area contributed by atoms with Gasteiger partial charge in [-0.15, -0.1) is 0 Å². The zero-order valence-electron chi connectivity index (χ0n) is 12.6. The van der Waals surface area contributed by atoms with Crippen molar-refractivity contribution in [3.8, 4) is 0 Å². The molecule has 4 heteroatoms. The number of anilines is 2. The molecule has 0 amide bonds. The van der Waals surface area contributed by atoms with Crippen LogP contribution in [-0.2, 0) is 6.54 Å². The second kappa shape index (κ2) is 6.48. The molecule has 1 heterocycles. The third-order valence-electron chi connectivity index (χ3n) is 3.15. The average molecular weight is 270 g/mol. The molecule has 0 spiro atoms. The molecule has 1 aromatic heterocycles. The molecule has 1 aromatic carbocycles. The first-order valence-electron chi connectivity index (χ1n) is 6.91. The van der Waals surface area contributed by atoms with Gasteiger partial charge < -0.3 is 10.2 Å². The molecule has 0 saturated carbocycles. The molecular formula is C16H22N4. The van der Waals surface area contributed by atoms with Gasteiger partial charge in [-0.05, 0) is 19.1 Å². The number of hydrogen-bond donors (Lipinski definition) is 1. The monoisotopic (exact) mass is 270 g/mol. The summed E-state index contributed by atoms with van der Waals surface area (Å²) in [6, 6.07) is 8.82. The van der Waals surface area contributed by atoms with E-state index in [0.29, 0.717) is 6.04 Å². The highest BCUT2D eigenvalue weighted by Crippen LogP contribution is 2.20. The van der Waals surface area contributed by atoms with E-state index in [4.69, 9.17) is 0 Å². The van der Waals surface area contributed by atoms with E-state index in [9.17, 15) is 0 Å². The third-order valence-corrected chi connectivity index (χ3v) is 3.15. The molecule has 0 bridgehead atoms. The first kappa shape index (κ1) is 14.5.